The maximum absolute atomic E-state index is 12.0. The maximum atomic E-state index is 12.0. The minimum Gasteiger partial charge on any atom is -0.467 e. The summed E-state index contributed by atoms with van der Waals surface area (Å²) in [7, 11) is 1.31. The van der Waals surface area contributed by atoms with Crippen molar-refractivity contribution in [2.24, 2.45) is 17.6 Å². The molecule has 0 radical (unpaired) electrons. The van der Waals surface area contributed by atoms with Gasteiger partial charge in [-0.1, -0.05) is 13.8 Å². The minimum absolute atomic E-state index is 0.123. The van der Waals surface area contributed by atoms with Crippen molar-refractivity contribution in [3.8, 4) is 0 Å². The molecule has 3 unspecified atom stereocenters. The Labute approximate surface area is 120 Å². The van der Waals surface area contributed by atoms with Gasteiger partial charge in [0.05, 0.1) is 13.2 Å². The van der Waals surface area contributed by atoms with E-state index < -0.39 is 18.1 Å². The molecule has 1 fully saturated rings. The fraction of sp³-hybridized carbons (Fsp3) is 0.857. The molecule has 6 nitrogen and oxygen atoms in total. The Morgan fingerprint density at radius 1 is 1.40 bits per heavy atom. The van der Waals surface area contributed by atoms with E-state index in [4.69, 9.17) is 10.5 Å². The SMILES string of the molecule is COC(=O)[C@H](CC(C)C)NC(=O)CC1CCC(N)C1O. The van der Waals surface area contributed by atoms with E-state index in [0.29, 0.717) is 6.42 Å². The van der Waals surface area contributed by atoms with E-state index in [9.17, 15) is 14.7 Å². The van der Waals surface area contributed by atoms with E-state index in [1.165, 1.54) is 7.11 Å². The second-order valence-corrected chi connectivity index (χ2v) is 5.97. The van der Waals surface area contributed by atoms with Gasteiger partial charge in [0, 0.05) is 12.5 Å². The van der Waals surface area contributed by atoms with Gasteiger partial charge in [-0.25, -0.2) is 4.79 Å². The van der Waals surface area contributed by atoms with Crippen molar-refractivity contribution < 1.29 is 19.4 Å². The average Bonchev–Trinajstić information content (AvgIpc) is 2.68. The fourth-order valence-electron chi connectivity index (χ4n) is 2.64. The highest BCUT2D eigenvalue weighted by Gasteiger charge is 2.34. The molecule has 6 heteroatoms. The quantitative estimate of drug-likeness (QED) is 0.605. The summed E-state index contributed by atoms with van der Waals surface area (Å²) in [4.78, 5) is 23.6. The standard InChI is InChI=1S/C14H26N2O4/c1-8(2)6-11(14(19)20-3)16-12(17)7-9-4-5-10(15)13(9)18/h8-11,13,18H,4-7,15H2,1-3H3,(H,16,17)/t9?,10?,11-,13?/m0/s1. The lowest BCUT2D eigenvalue weighted by Gasteiger charge is -2.21. The van der Waals surface area contributed by atoms with Gasteiger partial charge in [0.2, 0.25) is 5.91 Å². The molecule has 1 amide bonds. The van der Waals surface area contributed by atoms with Crippen molar-refractivity contribution >= 4 is 11.9 Å². The van der Waals surface area contributed by atoms with Crippen LogP contribution in [0.15, 0.2) is 0 Å². The Morgan fingerprint density at radius 3 is 2.50 bits per heavy atom. The first-order valence-corrected chi connectivity index (χ1v) is 7.16. The van der Waals surface area contributed by atoms with Gasteiger partial charge in [0.25, 0.3) is 0 Å². The van der Waals surface area contributed by atoms with Gasteiger partial charge in [-0.2, -0.15) is 0 Å². The number of amides is 1. The molecular formula is C14H26N2O4. The molecule has 0 aromatic heterocycles. The number of hydrogen-bond donors (Lipinski definition) is 3. The van der Waals surface area contributed by atoms with Gasteiger partial charge in [0.1, 0.15) is 6.04 Å². The number of rotatable bonds is 6. The van der Waals surface area contributed by atoms with Crippen molar-refractivity contribution in [3.63, 3.8) is 0 Å². The van der Waals surface area contributed by atoms with Crippen molar-refractivity contribution in [1.29, 1.82) is 0 Å². The van der Waals surface area contributed by atoms with Crippen molar-refractivity contribution in [2.45, 2.75) is 57.7 Å². The summed E-state index contributed by atoms with van der Waals surface area (Å²) < 4.78 is 4.70. The molecule has 1 saturated carbocycles. The topological polar surface area (TPSA) is 102 Å². The molecule has 1 rings (SSSR count). The number of esters is 1. The summed E-state index contributed by atoms with van der Waals surface area (Å²) >= 11 is 0. The molecule has 0 saturated heterocycles. The molecule has 4 N–H and O–H groups in total. The Bertz CT molecular complexity index is 346. The average molecular weight is 286 g/mol. The van der Waals surface area contributed by atoms with E-state index >= 15 is 0 Å². The zero-order valence-corrected chi connectivity index (χ0v) is 12.5. The molecule has 0 bridgehead atoms. The smallest absolute Gasteiger partial charge is 0.328 e. The predicted molar refractivity (Wildman–Crippen MR) is 74.7 cm³/mol. The van der Waals surface area contributed by atoms with E-state index in [1.807, 2.05) is 13.8 Å². The summed E-state index contributed by atoms with van der Waals surface area (Å²) in [5.41, 5.74) is 5.73. The third-order valence-corrected chi connectivity index (χ3v) is 3.77. The van der Waals surface area contributed by atoms with Crippen LogP contribution in [0.25, 0.3) is 0 Å². The number of nitrogens with two attached hydrogens (primary N) is 1. The van der Waals surface area contributed by atoms with Crippen molar-refractivity contribution in [3.05, 3.63) is 0 Å². The Morgan fingerprint density at radius 2 is 2.05 bits per heavy atom. The van der Waals surface area contributed by atoms with Gasteiger partial charge in [-0.15, -0.1) is 0 Å². The van der Waals surface area contributed by atoms with Gasteiger partial charge >= 0.3 is 5.97 Å². The third-order valence-electron chi connectivity index (χ3n) is 3.77. The highest BCUT2D eigenvalue weighted by Crippen LogP contribution is 2.27. The molecule has 0 heterocycles. The van der Waals surface area contributed by atoms with Crippen molar-refractivity contribution in [2.75, 3.05) is 7.11 Å². The minimum atomic E-state index is -0.637. The normalized spacial score (nSPS) is 27.4. The number of carbonyl (C=O) groups excluding carboxylic acids is 2. The number of methoxy groups -OCH3 is 1. The van der Waals surface area contributed by atoms with Crippen LogP contribution in [0.3, 0.4) is 0 Å². The van der Waals surface area contributed by atoms with Crippen LogP contribution in [-0.2, 0) is 14.3 Å². The molecule has 116 valence electrons. The van der Waals surface area contributed by atoms with Crippen LogP contribution in [0.1, 0.15) is 39.5 Å². The van der Waals surface area contributed by atoms with Crippen molar-refractivity contribution in [1.82, 2.24) is 5.32 Å². The monoisotopic (exact) mass is 286 g/mol. The highest BCUT2D eigenvalue weighted by molar-refractivity contribution is 5.84. The van der Waals surface area contributed by atoms with E-state index in [-0.39, 0.29) is 30.2 Å². The number of ether oxygens (including phenoxy) is 1. The summed E-state index contributed by atoms with van der Waals surface area (Å²) in [5, 5.41) is 12.5. The molecule has 0 spiro atoms. The third kappa shape index (κ3) is 4.76. The Hall–Kier alpha value is -1.14. The number of aliphatic hydroxyl groups excluding tert-OH is 1. The van der Waals surface area contributed by atoms with Crippen LogP contribution < -0.4 is 11.1 Å². The largest absolute Gasteiger partial charge is 0.467 e. The summed E-state index contributed by atoms with van der Waals surface area (Å²) in [6, 6.07) is -0.875. The maximum Gasteiger partial charge on any atom is 0.328 e. The van der Waals surface area contributed by atoms with Gasteiger partial charge in [-0.3, -0.25) is 4.79 Å². The van der Waals surface area contributed by atoms with E-state index in [2.05, 4.69) is 5.32 Å². The predicted octanol–water partition coefficient (Wildman–Crippen LogP) is 0.179. The molecule has 0 aromatic rings. The van der Waals surface area contributed by atoms with E-state index in [0.717, 1.165) is 12.8 Å². The summed E-state index contributed by atoms with van der Waals surface area (Å²) in [6.45, 7) is 3.95. The van der Waals surface area contributed by atoms with E-state index in [1.54, 1.807) is 0 Å². The second kappa shape index (κ2) is 7.59. The number of nitrogens with one attached hydrogen (secondary N) is 1. The Kier molecular flexibility index (Phi) is 6.42. The lowest BCUT2D eigenvalue weighted by molar-refractivity contribution is -0.145. The molecule has 20 heavy (non-hydrogen) atoms. The highest BCUT2D eigenvalue weighted by atomic mass is 16.5. The number of hydrogen-bond acceptors (Lipinski definition) is 5. The Balaban J connectivity index is 2.51. The zero-order chi connectivity index (χ0) is 15.3. The second-order valence-electron chi connectivity index (χ2n) is 5.97. The van der Waals surface area contributed by atoms with Crippen LogP contribution >= 0.6 is 0 Å². The molecule has 0 aromatic carbocycles. The molecule has 1 aliphatic rings. The molecule has 1 aliphatic carbocycles. The molecule has 0 aliphatic heterocycles. The van der Waals surface area contributed by atoms with Crippen LogP contribution in [0.5, 0.6) is 0 Å². The molecule has 4 atom stereocenters. The number of aliphatic hydroxyl groups is 1. The van der Waals surface area contributed by atoms with Crippen LogP contribution in [-0.4, -0.2) is 42.3 Å². The van der Waals surface area contributed by atoms with Gasteiger partial charge < -0.3 is 20.9 Å². The summed E-state index contributed by atoms with van der Waals surface area (Å²) in [5.74, 6) is -0.526. The molecular weight excluding hydrogens is 260 g/mol. The first-order valence-electron chi connectivity index (χ1n) is 7.16. The zero-order valence-electron chi connectivity index (χ0n) is 12.5. The van der Waals surface area contributed by atoms with Crippen LogP contribution in [0, 0.1) is 11.8 Å². The number of carbonyl (C=O) groups is 2. The lowest BCUT2D eigenvalue weighted by Crippen LogP contribution is -2.43. The van der Waals surface area contributed by atoms with Gasteiger partial charge in [0.15, 0.2) is 0 Å². The first kappa shape index (κ1) is 16.9. The summed E-state index contributed by atoms with van der Waals surface area (Å²) in [6.07, 6.45) is 1.56. The van der Waals surface area contributed by atoms with Crippen LogP contribution in [0.4, 0.5) is 0 Å². The van der Waals surface area contributed by atoms with Crippen LogP contribution in [0.2, 0.25) is 0 Å². The fourth-order valence-corrected chi connectivity index (χ4v) is 2.64. The first-order chi connectivity index (χ1) is 9.35. The lowest BCUT2D eigenvalue weighted by atomic mass is 9.99. The van der Waals surface area contributed by atoms with Gasteiger partial charge in [-0.05, 0) is 31.1 Å².